The van der Waals surface area contributed by atoms with Gasteiger partial charge in [0.1, 0.15) is 53.5 Å². The van der Waals surface area contributed by atoms with E-state index >= 15 is 0 Å². The van der Waals surface area contributed by atoms with E-state index in [-0.39, 0.29) is 23.3 Å². The van der Waals surface area contributed by atoms with Crippen molar-refractivity contribution in [1.82, 2.24) is 0 Å². The fourth-order valence-corrected chi connectivity index (χ4v) is 5.39. The third kappa shape index (κ3) is 6.37. The average molecular weight is 647 g/mol. The number of benzene rings is 4. The van der Waals surface area contributed by atoms with Crippen molar-refractivity contribution in [3.05, 3.63) is 88.6 Å². The molecule has 1 aliphatic rings. The number of ether oxygens (including phenoxy) is 3. The van der Waals surface area contributed by atoms with Crippen LogP contribution in [-0.4, -0.2) is 79.0 Å². The summed E-state index contributed by atoms with van der Waals surface area (Å²) in [5.74, 6) is -3.78. The van der Waals surface area contributed by atoms with Crippen LogP contribution in [0.3, 0.4) is 0 Å². The van der Waals surface area contributed by atoms with Crippen LogP contribution in [0.15, 0.2) is 82.0 Å². The van der Waals surface area contributed by atoms with Gasteiger partial charge in [-0.25, -0.2) is 0 Å². The lowest BCUT2D eigenvalue weighted by atomic mass is 9.99. The Morgan fingerprint density at radius 1 is 0.787 bits per heavy atom. The van der Waals surface area contributed by atoms with E-state index in [2.05, 4.69) is 0 Å². The molecule has 0 saturated carbocycles. The van der Waals surface area contributed by atoms with Gasteiger partial charge >= 0.3 is 5.97 Å². The van der Waals surface area contributed by atoms with E-state index < -0.39 is 82.8 Å². The van der Waals surface area contributed by atoms with Gasteiger partial charge in [-0.15, -0.1) is 0 Å². The second-order valence-corrected chi connectivity index (χ2v) is 11.1. The minimum atomic E-state index is -1.92. The van der Waals surface area contributed by atoms with Crippen LogP contribution in [0.5, 0.6) is 28.7 Å². The number of aliphatic hydroxyl groups excluding tert-OH is 3. The van der Waals surface area contributed by atoms with Gasteiger partial charge in [-0.05, 0) is 41.0 Å². The first-order valence-electron chi connectivity index (χ1n) is 14.5. The van der Waals surface area contributed by atoms with Crippen molar-refractivity contribution in [2.45, 2.75) is 43.5 Å². The number of phenolic OH excluding ortho intramolecular Hbond substituents is 4. The number of hydrogen-bond acceptors (Lipinski definition) is 13. The Balaban J connectivity index is 1.22. The van der Waals surface area contributed by atoms with E-state index in [1.165, 1.54) is 6.07 Å². The minimum Gasteiger partial charge on any atom is -0.508 e. The number of carbonyl (C=O) groups excluding carboxylic acids is 1. The summed E-state index contributed by atoms with van der Waals surface area (Å²) in [6, 6.07) is 19.0. The molecule has 1 saturated heterocycles. The third-order valence-corrected chi connectivity index (χ3v) is 7.90. The second kappa shape index (κ2) is 12.8. The number of fused-ring (bicyclic) bond motifs is 2. The highest BCUT2D eigenvalue weighted by atomic mass is 16.7. The average Bonchev–Trinajstić information content (AvgIpc) is 3.05. The Hall–Kier alpha value is -5.34. The molecule has 2 heterocycles. The summed E-state index contributed by atoms with van der Waals surface area (Å²) < 4.78 is 22.5. The van der Waals surface area contributed by atoms with E-state index in [4.69, 9.17) is 18.6 Å². The van der Waals surface area contributed by atoms with Crippen molar-refractivity contribution in [2.24, 2.45) is 0 Å². The van der Waals surface area contributed by atoms with Crippen LogP contribution >= 0.6 is 0 Å². The number of esters is 1. The SMILES string of the molecule is O=C(CCc1ccc2ccccc2c1)OC[C@H]1O[C@@H](Oc2c(-c3ccc(O)c(O)c3)oc3cc(O)cc(O)c3c2=O)[C@H](O)[C@@H](O)[C@@H]1O. The zero-order chi connectivity index (χ0) is 33.4. The summed E-state index contributed by atoms with van der Waals surface area (Å²) in [6.07, 6.45) is -8.36. The number of hydrogen-bond donors (Lipinski definition) is 7. The molecule has 1 aliphatic heterocycles. The first kappa shape index (κ1) is 31.6. The number of carbonyl (C=O) groups is 1. The molecule has 5 atom stereocenters. The largest absolute Gasteiger partial charge is 0.508 e. The maximum atomic E-state index is 13.6. The molecule has 0 bridgehead atoms. The predicted octanol–water partition coefficient (Wildman–Crippen LogP) is 2.80. The lowest BCUT2D eigenvalue weighted by molar-refractivity contribution is -0.278. The van der Waals surface area contributed by atoms with Gasteiger partial charge in [0.05, 0.1) is 0 Å². The van der Waals surface area contributed by atoms with Crippen molar-refractivity contribution in [3.63, 3.8) is 0 Å². The molecule has 0 radical (unpaired) electrons. The molecule has 1 fully saturated rings. The maximum Gasteiger partial charge on any atom is 0.306 e. The Labute approximate surface area is 265 Å². The zero-order valence-corrected chi connectivity index (χ0v) is 24.5. The van der Waals surface area contributed by atoms with E-state index in [0.717, 1.165) is 40.6 Å². The normalized spacial score (nSPS) is 21.1. The molecule has 244 valence electrons. The zero-order valence-electron chi connectivity index (χ0n) is 24.5. The van der Waals surface area contributed by atoms with Crippen molar-refractivity contribution in [1.29, 1.82) is 0 Å². The molecule has 1 aromatic heterocycles. The third-order valence-electron chi connectivity index (χ3n) is 7.90. The monoisotopic (exact) mass is 646 g/mol. The molecule has 0 aliphatic carbocycles. The molecule has 4 aromatic carbocycles. The molecule has 0 spiro atoms. The Kier molecular flexibility index (Phi) is 8.62. The minimum absolute atomic E-state index is 0.0000845. The highest BCUT2D eigenvalue weighted by molar-refractivity contribution is 5.88. The lowest BCUT2D eigenvalue weighted by Crippen LogP contribution is -2.60. The van der Waals surface area contributed by atoms with Crippen molar-refractivity contribution in [3.8, 4) is 40.1 Å². The first-order valence-corrected chi connectivity index (χ1v) is 14.5. The summed E-state index contributed by atoms with van der Waals surface area (Å²) in [5, 5.41) is 73.8. The van der Waals surface area contributed by atoms with Gasteiger partial charge in [-0.2, -0.15) is 0 Å². The van der Waals surface area contributed by atoms with Crippen LogP contribution < -0.4 is 10.2 Å². The number of aromatic hydroxyl groups is 4. The van der Waals surface area contributed by atoms with E-state index in [9.17, 15) is 45.3 Å². The van der Waals surface area contributed by atoms with Crippen molar-refractivity contribution < 1.29 is 59.2 Å². The van der Waals surface area contributed by atoms with Gasteiger partial charge in [-0.3, -0.25) is 9.59 Å². The van der Waals surface area contributed by atoms with E-state index in [1.807, 2.05) is 42.5 Å². The standard InChI is InChI=1S/C34H30O13/c35-20-13-23(38)27-24(14-20)45-32(19-8-9-21(36)22(37)12-19)33(29(27)41)47-34-31(43)30(42)28(40)25(46-34)15-44-26(39)10-6-16-5-7-17-3-1-2-4-18(17)11-16/h1-5,7-9,11-14,25,28,30-31,34-38,40,42-43H,6,10,15H2/t25-,28-,30+,31-,34+/m1/s1. The van der Waals surface area contributed by atoms with Gasteiger partial charge in [0.25, 0.3) is 0 Å². The Bertz CT molecular complexity index is 2020. The fraction of sp³-hybridized carbons (Fsp3) is 0.235. The number of phenols is 4. The van der Waals surface area contributed by atoms with Gasteiger partial charge in [0.2, 0.25) is 17.5 Å². The van der Waals surface area contributed by atoms with Crippen LogP contribution in [-0.2, 0) is 20.7 Å². The number of aryl methyl sites for hydroxylation is 1. The molecule has 0 unspecified atom stereocenters. The van der Waals surface area contributed by atoms with Crippen LogP contribution in [0.25, 0.3) is 33.1 Å². The smallest absolute Gasteiger partial charge is 0.306 e. The molecular formula is C34H30O13. The Morgan fingerprint density at radius 2 is 1.55 bits per heavy atom. The molecule has 47 heavy (non-hydrogen) atoms. The number of rotatable bonds is 8. The summed E-state index contributed by atoms with van der Waals surface area (Å²) in [6.45, 7) is -0.535. The summed E-state index contributed by atoms with van der Waals surface area (Å²) in [4.78, 5) is 26.2. The highest BCUT2D eigenvalue weighted by Crippen LogP contribution is 2.39. The van der Waals surface area contributed by atoms with Gasteiger partial charge in [-0.1, -0.05) is 42.5 Å². The number of aliphatic hydroxyl groups is 3. The first-order chi connectivity index (χ1) is 22.5. The van der Waals surface area contributed by atoms with Gasteiger partial charge in [0.15, 0.2) is 17.3 Å². The summed E-state index contributed by atoms with van der Waals surface area (Å²) in [5.41, 5.74) is -0.342. The van der Waals surface area contributed by atoms with Crippen molar-refractivity contribution >= 4 is 27.7 Å². The summed E-state index contributed by atoms with van der Waals surface area (Å²) >= 11 is 0. The molecular weight excluding hydrogens is 616 g/mol. The van der Waals surface area contributed by atoms with Gasteiger partial charge in [0, 0.05) is 24.1 Å². The van der Waals surface area contributed by atoms with E-state index in [0.29, 0.717) is 6.42 Å². The van der Waals surface area contributed by atoms with Gasteiger partial charge < -0.3 is 54.4 Å². The fourth-order valence-electron chi connectivity index (χ4n) is 5.39. The predicted molar refractivity (Wildman–Crippen MR) is 165 cm³/mol. The molecule has 5 aromatic rings. The second-order valence-electron chi connectivity index (χ2n) is 11.1. The molecule has 0 amide bonds. The van der Waals surface area contributed by atoms with Crippen LogP contribution in [0.2, 0.25) is 0 Å². The molecule has 13 nitrogen and oxygen atoms in total. The van der Waals surface area contributed by atoms with Crippen molar-refractivity contribution in [2.75, 3.05) is 6.61 Å². The lowest BCUT2D eigenvalue weighted by Gasteiger charge is -2.39. The summed E-state index contributed by atoms with van der Waals surface area (Å²) in [7, 11) is 0. The van der Waals surface area contributed by atoms with E-state index in [1.54, 1.807) is 0 Å². The van der Waals surface area contributed by atoms with Crippen LogP contribution in [0, 0.1) is 0 Å². The van der Waals surface area contributed by atoms with Crippen LogP contribution in [0.4, 0.5) is 0 Å². The maximum absolute atomic E-state index is 13.6. The quantitative estimate of drug-likeness (QED) is 0.0955. The highest BCUT2D eigenvalue weighted by Gasteiger charge is 2.46. The molecule has 7 N–H and O–H groups in total. The van der Waals surface area contributed by atoms with Crippen LogP contribution in [0.1, 0.15) is 12.0 Å². The topological polar surface area (TPSA) is 217 Å². The molecule has 6 rings (SSSR count). The Morgan fingerprint density at radius 3 is 2.32 bits per heavy atom. The molecule has 13 heteroatoms.